The lowest BCUT2D eigenvalue weighted by Crippen LogP contribution is -2.29. The number of hydrogen-bond donors (Lipinski definition) is 2. The van der Waals surface area contributed by atoms with Crippen LogP contribution >= 0.6 is 11.6 Å². The van der Waals surface area contributed by atoms with E-state index in [1.807, 2.05) is 30.3 Å². The highest BCUT2D eigenvalue weighted by molar-refractivity contribution is 7.91. The Hall–Kier alpha value is -3.69. The molecule has 0 unspecified atom stereocenters. The van der Waals surface area contributed by atoms with E-state index in [9.17, 15) is 23.4 Å². The second-order valence-electron chi connectivity index (χ2n) is 9.94. The first-order valence-electron chi connectivity index (χ1n) is 13.7. The molecule has 4 aromatic carbocycles. The molecule has 0 heterocycles. The fourth-order valence-corrected chi connectivity index (χ4v) is 6.16. The van der Waals surface area contributed by atoms with Crippen LogP contribution < -0.4 is 0 Å². The number of nitrogens with zero attached hydrogens (tertiary/aromatic N) is 1. The minimum Gasteiger partial charge on any atom is -0.507 e. The lowest BCUT2D eigenvalue weighted by molar-refractivity contribution is 0.0522. The number of carbonyl (C=O) groups excluding carboxylic acids is 1. The molecule has 42 heavy (non-hydrogen) atoms. The number of ether oxygens (including phenoxy) is 1. The van der Waals surface area contributed by atoms with E-state index in [1.54, 1.807) is 43.3 Å². The molecule has 0 fully saturated rings. The van der Waals surface area contributed by atoms with Crippen LogP contribution in [0.4, 0.5) is 0 Å². The number of aliphatic hydroxyl groups is 1. The third kappa shape index (κ3) is 8.20. The monoisotopic (exact) mass is 607 g/mol. The van der Waals surface area contributed by atoms with Gasteiger partial charge in [-0.15, -0.1) is 0 Å². The Morgan fingerprint density at radius 3 is 2.31 bits per heavy atom. The topological polar surface area (TPSA) is 104 Å². The van der Waals surface area contributed by atoms with E-state index in [2.05, 4.69) is 17.0 Å². The summed E-state index contributed by atoms with van der Waals surface area (Å²) in [6.07, 6.45) is 0.814. The van der Waals surface area contributed by atoms with E-state index < -0.39 is 21.9 Å². The van der Waals surface area contributed by atoms with Crippen molar-refractivity contribution >= 4 is 27.4 Å². The molecule has 4 aromatic rings. The van der Waals surface area contributed by atoms with E-state index in [0.29, 0.717) is 24.5 Å². The Morgan fingerprint density at radius 2 is 1.62 bits per heavy atom. The first-order valence-corrected chi connectivity index (χ1v) is 15.6. The van der Waals surface area contributed by atoms with Crippen LogP contribution in [0.1, 0.15) is 46.5 Å². The minimum atomic E-state index is -3.92. The molecule has 0 saturated heterocycles. The third-order valence-corrected chi connectivity index (χ3v) is 8.86. The number of benzene rings is 4. The maximum Gasteiger partial charge on any atom is 0.341 e. The van der Waals surface area contributed by atoms with Gasteiger partial charge in [-0.05, 0) is 85.5 Å². The second kappa shape index (κ2) is 14.5. The normalized spacial score (nSPS) is 12.3. The Labute approximate surface area is 251 Å². The van der Waals surface area contributed by atoms with Crippen LogP contribution in [-0.2, 0) is 27.5 Å². The van der Waals surface area contributed by atoms with Crippen LogP contribution in [0, 0.1) is 0 Å². The molecule has 0 aliphatic carbocycles. The summed E-state index contributed by atoms with van der Waals surface area (Å²) in [6, 6.07) is 27.5. The van der Waals surface area contributed by atoms with Crippen LogP contribution in [0.15, 0.2) is 107 Å². The average Bonchev–Trinajstić information content (AvgIpc) is 2.98. The fraction of sp³-hybridized carbons (Fsp3) is 0.242. The first-order chi connectivity index (χ1) is 20.2. The van der Waals surface area contributed by atoms with Gasteiger partial charge in [0.15, 0.2) is 0 Å². The molecule has 0 aliphatic rings. The number of phenols is 1. The molecule has 4 rings (SSSR count). The summed E-state index contributed by atoms with van der Waals surface area (Å²) in [5.41, 5.74) is 2.68. The second-order valence-corrected chi connectivity index (χ2v) is 12.3. The summed E-state index contributed by atoms with van der Waals surface area (Å²) in [7, 11) is -3.92. The lowest BCUT2D eigenvalue weighted by atomic mass is 10.1. The van der Waals surface area contributed by atoms with E-state index >= 15 is 0 Å². The van der Waals surface area contributed by atoms with Crippen molar-refractivity contribution in [3.8, 4) is 5.75 Å². The summed E-state index contributed by atoms with van der Waals surface area (Å²) in [6.45, 7) is 3.56. The van der Waals surface area contributed by atoms with Crippen molar-refractivity contribution in [2.24, 2.45) is 0 Å². The maximum atomic E-state index is 13.2. The highest BCUT2D eigenvalue weighted by Crippen LogP contribution is 2.27. The van der Waals surface area contributed by atoms with Crippen LogP contribution in [0.25, 0.3) is 0 Å². The smallest absolute Gasteiger partial charge is 0.341 e. The summed E-state index contributed by atoms with van der Waals surface area (Å²) in [5, 5.41) is 21.5. The number of rotatable bonds is 13. The number of aliphatic hydroxyl groups excluding tert-OH is 1. The van der Waals surface area contributed by atoms with Crippen molar-refractivity contribution in [2.45, 2.75) is 42.2 Å². The van der Waals surface area contributed by atoms with Crippen molar-refractivity contribution in [3.05, 3.63) is 124 Å². The first kappa shape index (κ1) is 31.3. The number of phenolic OH excluding ortho intramolecular Hbond substituents is 1. The Bertz CT molecular complexity index is 1590. The molecule has 9 heteroatoms. The van der Waals surface area contributed by atoms with Crippen molar-refractivity contribution in [1.29, 1.82) is 0 Å². The SMILES string of the molecule is CCOC(=O)c1cc(S(=O)(=O)c2ccc(CCCN(Cc3ccccc3)C[C@H](O)c3cccc(Cl)c3)cc2)ccc1O. The van der Waals surface area contributed by atoms with Gasteiger partial charge in [0.25, 0.3) is 0 Å². The van der Waals surface area contributed by atoms with Crippen LogP contribution in [0.5, 0.6) is 5.75 Å². The zero-order chi connectivity index (χ0) is 30.1. The zero-order valence-corrected chi connectivity index (χ0v) is 24.9. The molecule has 0 saturated carbocycles. The van der Waals surface area contributed by atoms with Gasteiger partial charge in [0.05, 0.1) is 22.5 Å². The van der Waals surface area contributed by atoms with E-state index in [0.717, 1.165) is 35.7 Å². The van der Waals surface area contributed by atoms with Crippen molar-refractivity contribution in [2.75, 3.05) is 19.7 Å². The van der Waals surface area contributed by atoms with Crippen molar-refractivity contribution in [3.63, 3.8) is 0 Å². The number of esters is 1. The van der Waals surface area contributed by atoms with Gasteiger partial charge in [0, 0.05) is 18.1 Å². The average molecular weight is 608 g/mol. The van der Waals surface area contributed by atoms with Gasteiger partial charge in [0.1, 0.15) is 11.3 Å². The van der Waals surface area contributed by atoms with Crippen LogP contribution in [0.2, 0.25) is 5.02 Å². The van der Waals surface area contributed by atoms with Gasteiger partial charge in [-0.2, -0.15) is 0 Å². The molecular formula is C33H34ClNO6S. The molecule has 2 N–H and O–H groups in total. The number of hydrogen-bond acceptors (Lipinski definition) is 7. The predicted octanol–water partition coefficient (Wildman–Crippen LogP) is 6.22. The van der Waals surface area contributed by atoms with Gasteiger partial charge in [-0.1, -0.05) is 66.2 Å². The number of carbonyl (C=O) groups is 1. The number of halogens is 1. The number of sulfone groups is 1. The Morgan fingerprint density at radius 1 is 0.905 bits per heavy atom. The van der Waals surface area contributed by atoms with Crippen molar-refractivity contribution < 1.29 is 28.2 Å². The largest absolute Gasteiger partial charge is 0.507 e. The highest BCUT2D eigenvalue weighted by atomic mass is 35.5. The minimum absolute atomic E-state index is 0.0853. The molecule has 1 atom stereocenters. The maximum absolute atomic E-state index is 13.2. The lowest BCUT2D eigenvalue weighted by Gasteiger charge is -2.25. The summed E-state index contributed by atoms with van der Waals surface area (Å²) < 4.78 is 31.4. The van der Waals surface area contributed by atoms with E-state index in [4.69, 9.17) is 16.3 Å². The molecule has 0 radical (unpaired) electrons. The molecular weight excluding hydrogens is 574 g/mol. The van der Waals surface area contributed by atoms with Gasteiger partial charge in [-0.25, -0.2) is 13.2 Å². The van der Waals surface area contributed by atoms with Crippen LogP contribution in [0.3, 0.4) is 0 Å². The fourth-order valence-electron chi connectivity index (χ4n) is 4.67. The summed E-state index contributed by atoms with van der Waals surface area (Å²) in [4.78, 5) is 14.3. The summed E-state index contributed by atoms with van der Waals surface area (Å²) in [5.74, 6) is -1.13. The zero-order valence-electron chi connectivity index (χ0n) is 23.3. The van der Waals surface area contributed by atoms with Gasteiger partial charge < -0.3 is 14.9 Å². The van der Waals surface area contributed by atoms with Gasteiger partial charge >= 0.3 is 5.97 Å². The Balaban J connectivity index is 1.42. The molecule has 0 aliphatic heterocycles. The van der Waals surface area contributed by atoms with E-state index in [1.165, 1.54) is 12.1 Å². The number of aryl methyl sites for hydroxylation is 1. The highest BCUT2D eigenvalue weighted by Gasteiger charge is 2.22. The van der Waals surface area contributed by atoms with Crippen LogP contribution in [-0.4, -0.2) is 49.2 Å². The molecule has 0 aromatic heterocycles. The molecule has 220 valence electrons. The predicted molar refractivity (Wildman–Crippen MR) is 162 cm³/mol. The van der Waals surface area contributed by atoms with Gasteiger partial charge in [-0.3, -0.25) is 4.90 Å². The third-order valence-electron chi connectivity index (χ3n) is 6.86. The molecule has 0 spiro atoms. The quantitative estimate of drug-likeness (QED) is 0.174. The van der Waals surface area contributed by atoms with Crippen molar-refractivity contribution in [1.82, 2.24) is 4.90 Å². The molecule has 7 nitrogen and oxygen atoms in total. The van der Waals surface area contributed by atoms with Gasteiger partial charge in [0.2, 0.25) is 9.84 Å². The summed E-state index contributed by atoms with van der Waals surface area (Å²) >= 11 is 6.13. The standard InChI is InChI=1S/C33H34ClNO6S/c1-2-41-33(38)30-21-29(17-18-31(30)36)42(39,40)28-15-13-24(14-16-28)10-7-19-35(22-25-8-4-3-5-9-25)23-32(37)26-11-6-12-27(34)20-26/h3-6,8-9,11-18,20-21,32,36-37H,2,7,10,19,22-23H2,1H3/t32-/m0/s1. The molecule has 0 amide bonds. The Kier molecular flexibility index (Phi) is 10.8. The molecule has 0 bridgehead atoms. The van der Waals surface area contributed by atoms with E-state index in [-0.39, 0.29) is 27.7 Å². The number of aromatic hydroxyl groups is 1.